The van der Waals surface area contributed by atoms with Gasteiger partial charge in [0.25, 0.3) is 0 Å². The van der Waals surface area contributed by atoms with E-state index in [4.69, 9.17) is 9.72 Å². The van der Waals surface area contributed by atoms with Crippen LogP contribution in [-0.2, 0) is 11.2 Å². The molecule has 0 bridgehead atoms. The number of nitrogens with one attached hydrogen (secondary N) is 1. The smallest absolute Gasteiger partial charge is 0.229 e. The van der Waals surface area contributed by atoms with Crippen molar-refractivity contribution in [3.05, 3.63) is 77.3 Å². The molecule has 4 rings (SSSR count). The third-order valence-electron chi connectivity index (χ3n) is 4.44. The van der Waals surface area contributed by atoms with E-state index in [-0.39, 0.29) is 12.3 Å². The number of nitrogens with zero attached hydrogens (tertiary/aromatic N) is 3. The van der Waals surface area contributed by atoms with E-state index < -0.39 is 0 Å². The van der Waals surface area contributed by atoms with Crippen LogP contribution in [0.4, 0.5) is 5.82 Å². The molecule has 0 aliphatic rings. The van der Waals surface area contributed by atoms with Gasteiger partial charge in [0.1, 0.15) is 11.6 Å². The van der Waals surface area contributed by atoms with Crippen LogP contribution in [0.5, 0.6) is 5.75 Å². The van der Waals surface area contributed by atoms with Crippen molar-refractivity contribution in [3.63, 3.8) is 0 Å². The largest absolute Gasteiger partial charge is 0.494 e. The summed E-state index contributed by atoms with van der Waals surface area (Å²) < 4.78 is 7.13. The minimum Gasteiger partial charge on any atom is -0.494 e. The highest BCUT2D eigenvalue weighted by Crippen LogP contribution is 2.26. The Balaban J connectivity index is 1.49. The number of anilines is 1. The minimum absolute atomic E-state index is 0.111. The van der Waals surface area contributed by atoms with Gasteiger partial charge >= 0.3 is 0 Å². The van der Waals surface area contributed by atoms with Gasteiger partial charge in [-0.25, -0.2) is 4.98 Å². The van der Waals surface area contributed by atoms with Crippen LogP contribution in [0.2, 0.25) is 0 Å². The van der Waals surface area contributed by atoms with E-state index in [2.05, 4.69) is 10.4 Å². The van der Waals surface area contributed by atoms with Gasteiger partial charge in [-0.15, -0.1) is 11.3 Å². The first-order chi connectivity index (χ1) is 14.6. The Bertz CT molecular complexity index is 1130. The number of aryl methyl sites for hydroxylation is 1. The second kappa shape index (κ2) is 8.92. The first-order valence-corrected chi connectivity index (χ1v) is 10.6. The van der Waals surface area contributed by atoms with Gasteiger partial charge in [-0.05, 0) is 31.5 Å². The van der Waals surface area contributed by atoms with Crippen LogP contribution in [0.15, 0.2) is 66.0 Å². The van der Waals surface area contributed by atoms with Gasteiger partial charge in [0, 0.05) is 17.0 Å². The number of aromatic nitrogens is 3. The van der Waals surface area contributed by atoms with Gasteiger partial charge in [0.15, 0.2) is 0 Å². The molecule has 0 fully saturated rings. The Kier molecular flexibility index (Phi) is 5.90. The molecule has 0 aliphatic carbocycles. The zero-order valence-corrected chi connectivity index (χ0v) is 17.6. The van der Waals surface area contributed by atoms with E-state index >= 15 is 0 Å². The number of carbonyl (C=O) groups is 1. The molecule has 2 heterocycles. The summed E-state index contributed by atoms with van der Waals surface area (Å²) in [5.41, 5.74) is 3.66. The standard InChI is InChI=1S/C23H22N4O2S/c1-3-29-19-11-9-17(10-12-19)14-22(28)25-21-13-16(2)26-27(21)23-24-20(15-30-23)18-7-5-4-6-8-18/h4-13,15H,3,14H2,1-2H3,(H,25,28). The van der Waals surface area contributed by atoms with E-state index in [1.807, 2.05) is 79.9 Å². The van der Waals surface area contributed by atoms with Gasteiger partial charge in [-0.1, -0.05) is 42.5 Å². The molecule has 1 amide bonds. The number of benzene rings is 2. The average Bonchev–Trinajstić information content (AvgIpc) is 3.37. The summed E-state index contributed by atoms with van der Waals surface area (Å²) in [4.78, 5) is 17.3. The number of amides is 1. The second-order valence-corrected chi connectivity index (χ2v) is 7.60. The average molecular weight is 419 g/mol. The third-order valence-corrected chi connectivity index (χ3v) is 5.26. The fraction of sp³-hybridized carbons (Fsp3) is 0.174. The summed E-state index contributed by atoms with van der Waals surface area (Å²) in [5, 5.41) is 10.2. The lowest BCUT2D eigenvalue weighted by Crippen LogP contribution is -2.17. The second-order valence-electron chi connectivity index (χ2n) is 6.77. The van der Waals surface area contributed by atoms with Crippen molar-refractivity contribution >= 4 is 23.1 Å². The van der Waals surface area contributed by atoms with Crippen molar-refractivity contribution in [2.45, 2.75) is 20.3 Å². The topological polar surface area (TPSA) is 69.0 Å². The maximum Gasteiger partial charge on any atom is 0.229 e. The summed E-state index contributed by atoms with van der Waals surface area (Å²) in [6.45, 7) is 4.45. The normalized spacial score (nSPS) is 10.7. The lowest BCUT2D eigenvalue weighted by molar-refractivity contribution is -0.115. The van der Waals surface area contributed by atoms with Gasteiger partial charge in [0.05, 0.1) is 24.4 Å². The monoisotopic (exact) mass is 418 g/mol. The maximum absolute atomic E-state index is 12.6. The molecule has 0 spiro atoms. The molecule has 152 valence electrons. The van der Waals surface area contributed by atoms with Gasteiger partial charge < -0.3 is 10.1 Å². The summed E-state index contributed by atoms with van der Waals surface area (Å²) in [7, 11) is 0. The minimum atomic E-state index is -0.111. The zero-order chi connectivity index (χ0) is 20.9. The Labute approximate surface area is 179 Å². The first-order valence-electron chi connectivity index (χ1n) is 9.72. The number of hydrogen-bond acceptors (Lipinski definition) is 5. The third kappa shape index (κ3) is 4.58. The fourth-order valence-corrected chi connectivity index (χ4v) is 3.88. The van der Waals surface area contributed by atoms with Crippen molar-refractivity contribution in [2.75, 3.05) is 11.9 Å². The van der Waals surface area contributed by atoms with Crippen molar-refractivity contribution in [1.29, 1.82) is 0 Å². The number of hydrogen-bond donors (Lipinski definition) is 1. The van der Waals surface area contributed by atoms with Crippen LogP contribution in [0.25, 0.3) is 16.4 Å². The molecule has 7 heteroatoms. The van der Waals surface area contributed by atoms with E-state index in [0.717, 1.165) is 28.3 Å². The highest BCUT2D eigenvalue weighted by molar-refractivity contribution is 7.12. The first kappa shape index (κ1) is 19.8. The van der Waals surface area contributed by atoms with Crippen LogP contribution in [-0.4, -0.2) is 27.3 Å². The van der Waals surface area contributed by atoms with Crippen LogP contribution in [0.3, 0.4) is 0 Å². The van der Waals surface area contributed by atoms with Crippen molar-refractivity contribution in [2.24, 2.45) is 0 Å². The Morgan fingerprint density at radius 1 is 1.13 bits per heavy atom. The Hall–Kier alpha value is -3.45. The molecule has 0 aliphatic heterocycles. The molecule has 0 atom stereocenters. The molecule has 2 aromatic carbocycles. The molecule has 6 nitrogen and oxygen atoms in total. The number of carbonyl (C=O) groups excluding carboxylic acids is 1. The molecule has 0 unspecified atom stereocenters. The van der Waals surface area contributed by atoms with E-state index in [1.165, 1.54) is 11.3 Å². The molecular weight excluding hydrogens is 396 g/mol. The fourth-order valence-electron chi connectivity index (χ4n) is 3.08. The maximum atomic E-state index is 12.6. The molecule has 1 N–H and O–H groups in total. The van der Waals surface area contributed by atoms with Crippen LogP contribution >= 0.6 is 11.3 Å². The van der Waals surface area contributed by atoms with Crippen LogP contribution in [0.1, 0.15) is 18.2 Å². The molecule has 4 aromatic rings. The van der Waals surface area contributed by atoms with Crippen molar-refractivity contribution < 1.29 is 9.53 Å². The van der Waals surface area contributed by atoms with E-state index in [1.54, 1.807) is 4.68 Å². The Morgan fingerprint density at radius 3 is 2.63 bits per heavy atom. The number of rotatable bonds is 7. The number of ether oxygens (including phenoxy) is 1. The summed E-state index contributed by atoms with van der Waals surface area (Å²) in [6.07, 6.45) is 0.268. The Morgan fingerprint density at radius 2 is 1.90 bits per heavy atom. The lowest BCUT2D eigenvalue weighted by Gasteiger charge is -2.08. The summed E-state index contributed by atoms with van der Waals surface area (Å²) in [5.74, 6) is 1.30. The highest BCUT2D eigenvalue weighted by Gasteiger charge is 2.15. The van der Waals surface area contributed by atoms with Crippen molar-refractivity contribution in [3.8, 4) is 22.1 Å². The summed E-state index contributed by atoms with van der Waals surface area (Å²) >= 11 is 1.49. The molecule has 2 aromatic heterocycles. The molecule has 0 radical (unpaired) electrons. The number of thiazole rings is 1. The quantitative estimate of drug-likeness (QED) is 0.464. The zero-order valence-electron chi connectivity index (χ0n) is 16.8. The predicted octanol–water partition coefficient (Wildman–Crippen LogP) is 4.88. The van der Waals surface area contributed by atoms with Crippen LogP contribution < -0.4 is 10.1 Å². The summed E-state index contributed by atoms with van der Waals surface area (Å²) in [6, 6.07) is 19.4. The van der Waals surface area contributed by atoms with Gasteiger partial charge in [-0.2, -0.15) is 9.78 Å². The molecule has 0 saturated heterocycles. The molecular formula is C23H22N4O2S. The van der Waals surface area contributed by atoms with E-state index in [9.17, 15) is 4.79 Å². The van der Waals surface area contributed by atoms with Crippen molar-refractivity contribution in [1.82, 2.24) is 14.8 Å². The van der Waals surface area contributed by atoms with Gasteiger partial charge in [0.2, 0.25) is 11.0 Å². The lowest BCUT2D eigenvalue weighted by atomic mass is 10.1. The van der Waals surface area contributed by atoms with E-state index in [0.29, 0.717) is 17.6 Å². The van der Waals surface area contributed by atoms with Gasteiger partial charge in [-0.3, -0.25) is 4.79 Å². The SMILES string of the molecule is CCOc1ccc(CC(=O)Nc2cc(C)nn2-c2nc(-c3ccccc3)cs2)cc1. The highest BCUT2D eigenvalue weighted by atomic mass is 32.1. The predicted molar refractivity (Wildman–Crippen MR) is 119 cm³/mol. The molecule has 0 saturated carbocycles. The van der Waals surface area contributed by atoms with Crippen LogP contribution in [0, 0.1) is 6.92 Å². The molecule has 30 heavy (non-hydrogen) atoms.